The molecule has 0 unspecified atom stereocenters. The first kappa shape index (κ1) is 21.4. The predicted molar refractivity (Wildman–Crippen MR) is 115 cm³/mol. The standard InChI is InChI=1S/C19H23Cl2N5O3/c1-24-15-16(23-18(24)22-8-4-3-5-9-27)25(2)19(29)26(17(15)28)11-12-6-7-13(20)10-14(12)21/h6-7,10,27H,3-5,8-9,11H2,1-2H3,(H,22,23). The van der Waals surface area contributed by atoms with Gasteiger partial charge in [-0.1, -0.05) is 29.3 Å². The number of halogens is 2. The van der Waals surface area contributed by atoms with Gasteiger partial charge in [0.05, 0.1) is 6.54 Å². The van der Waals surface area contributed by atoms with Crippen LogP contribution in [0.5, 0.6) is 0 Å². The number of hydrogen-bond donors (Lipinski definition) is 2. The Morgan fingerprint density at radius 2 is 1.86 bits per heavy atom. The van der Waals surface area contributed by atoms with Crippen LogP contribution in [-0.2, 0) is 20.6 Å². The third-order valence-corrected chi connectivity index (χ3v) is 5.41. The Labute approximate surface area is 177 Å². The lowest BCUT2D eigenvalue weighted by molar-refractivity contribution is 0.283. The Morgan fingerprint density at radius 3 is 2.55 bits per heavy atom. The number of nitrogens with one attached hydrogen (secondary N) is 1. The number of benzene rings is 1. The highest BCUT2D eigenvalue weighted by Crippen LogP contribution is 2.21. The summed E-state index contributed by atoms with van der Waals surface area (Å²) in [5, 5.41) is 12.9. The fraction of sp³-hybridized carbons (Fsp3) is 0.421. The van der Waals surface area contributed by atoms with Gasteiger partial charge in [0.25, 0.3) is 5.56 Å². The maximum absolute atomic E-state index is 13.1. The van der Waals surface area contributed by atoms with Crippen molar-refractivity contribution in [2.75, 3.05) is 18.5 Å². The van der Waals surface area contributed by atoms with Gasteiger partial charge in [-0.3, -0.25) is 13.9 Å². The van der Waals surface area contributed by atoms with Crippen LogP contribution in [0.3, 0.4) is 0 Å². The number of unbranched alkanes of at least 4 members (excludes halogenated alkanes) is 2. The second-order valence-corrected chi connectivity index (χ2v) is 7.69. The lowest BCUT2D eigenvalue weighted by atomic mass is 10.2. The van der Waals surface area contributed by atoms with Gasteiger partial charge in [-0.05, 0) is 37.0 Å². The van der Waals surface area contributed by atoms with E-state index in [1.807, 2.05) is 0 Å². The fourth-order valence-corrected chi connectivity index (χ4v) is 3.64. The number of anilines is 1. The molecule has 2 heterocycles. The summed E-state index contributed by atoms with van der Waals surface area (Å²) >= 11 is 12.1. The van der Waals surface area contributed by atoms with Crippen LogP contribution in [0.2, 0.25) is 10.0 Å². The van der Waals surface area contributed by atoms with Gasteiger partial charge in [-0.2, -0.15) is 4.98 Å². The summed E-state index contributed by atoms with van der Waals surface area (Å²) in [5.74, 6) is 0.512. The molecule has 0 saturated heterocycles. The van der Waals surface area contributed by atoms with E-state index in [0.717, 1.165) is 23.8 Å². The summed E-state index contributed by atoms with van der Waals surface area (Å²) in [6.45, 7) is 0.859. The summed E-state index contributed by atoms with van der Waals surface area (Å²) < 4.78 is 4.16. The van der Waals surface area contributed by atoms with Crippen molar-refractivity contribution >= 4 is 40.3 Å². The van der Waals surface area contributed by atoms with Gasteiger partial charge in [0.1, 0.15) is 0 Å². The van der Waals surface area contributed by atoms with E-state index in [-0.39, 0.29) is 13.2 Å². The molecule has 0 amide bonds. The first-order valence-electron chi connectivity index (χ1n) is 9.30. The molecule has 3 aromatic rings. The molecular formula is C19H23Cl2N5O3. The van der Waals surface area contributed by atoms with Crippen molar-refractivity contribution in [2.45, 2.75) is 25.8 Å². The van der Waals surface area contributed by atoms with Gasteiger partial charge < -0.3 is 15.0 Å². The molecule has 0 fully saturated rings. The number of hydrogen-bond acceptors (Lipinski definition) is 5. The van der Waals surface area contributed by atoms with Gasteiger partial charge in [0.15, 0.2) is 11.2 Å². The first-order valence-corrected chi connectivity index (χ1v) is 10.1. The second kappa shape index (κ2) is 9.02. The normalized spacial score (nSPS) is 11.3. The number of fused-ring (bicyclic) bond motifs is 1. The molecule has 0 aliphatic carbocycles. The fourth-order valence-electron chi connectivity index (χ4n) is 3.18. The molecule has 0 aliphatic rings. The largest absolute Gasteiger partial charge is 0.396 e. The van der Waals surface area contributed by atoms with Crippen molar-refractivity contribution in [3.05, 3.63) is 54.6 Å². The van der Waals surface area contributed by atoms with Crippen molar-refractivity contribution in [1.82, 2.24) is 18.7 Å². The zero-order valence-electron chi connectivity index (χ0n) is 16.3. The van der Waals surface area contributed by atoms with E-state index in [0.29, 0.717) is 39.3 Å². The molecule has 2 aromatic heterocycles. The molecule has 0 spiro atoms. The van der Waals surface area contributed by atoms with Crippen LogP contribution in [0, 0.1) is 0 Å². The molecule has 156 valence electrons. The van der Waals surface area contributed by atoms with Gasteiger partial charge >= 0.3 is 5.69 Å². The van der Waals surface area contributed by atoms with E-state index in [1.165, 1.54) is 4.57 Å². The van der Waals surface area contributed by atoms with Crippen LogP contribution < -0.4 is 16.6 Å². The van der Waals surface area contributed by atoms with E-state index >= 15 is 0 Å². The zero-order chi connectivity index (χ0) is 21.1. The average Bonchev–Trinajstić information content (AvgIpc) is 3.01. The maximum atomic E-state index is 13.1. The van der Waals surface area contributed by atoms with Crippen molar-refractivity contribution in [2.24, 2.45) is 14.1 Å². The molecule has 0 atom stereocenters. The van der Waals surface area contributed by atoms with Crippen molar-refractivity contribution < 1.29 is 5.11 Å². The van der Waals surface area contributed by atoms with Gasteiger partial charge in [-0.15, -0.1) is 0 Å². The zero-order valence-corrected chi connectivity index (χ0v) is 17.8. The number of rotatable bonds is 8. The number of aliphatic hydroxyl groups is 1. The van der Waals surface area contributed by atoms with Crippen LogP contribution in [0.25, 0.3) is 11.2 Å². The average molecular weight is 440 g/mol. The third-order valence-electron chi connectivity index (χ3n) is 4.82. The number of imidazole rings is 1. The van der Waals surface area contributed by atoms with Crippen molar-refractivity contribution in [1.29, 1.82) is 0 Å². The summed E-state index contributed by atoms with van der Waals surface area (Å²) in [7, 11) is 3.32. The number of aliphatic hydroxyl groups excluding tert-OH is 1. The van der Waals surface area contributed by atoms with Gasteiger partial charge in [0.2, 0.25) is 5.95 Å². The summed E-state index contributed by atoms with van der Waals surface area (Å²) in [6, 6.07) is 4.94. The lowest BCUT2D eigenvalue weighted by Crippen LogP contribution is -2.39. The second-order valence-electron chi connectivity index (χ2n) is 6.85. The highest BCUT2D eigenvalue weighted by Gasteiger charge is 2.19. The van der Waals surface area contributed by atoms with Crippen LogP contribution in [0.1, 0.15) is 24.8 Å². The van der Waals surface area contributed by atoms with Crippen molar-refractivity contribution in [3.63, 3.8) is 0 Å². The molecule has 0 aliphatic heterocycles. The van der Waals surface area contributed by atoms with Crippen LogP contribution in [-0.4, -0.2) is 36.9 Å². The quantitative estimate of drug-likeness (QED) is 0.525. The molecule has 0 radical (unpaired) electrons. The molecule has 0 saturated carbocycles. The maximum Gasteiger partial charge on any atom is 0.332 e. The van der Waals surface area contributed by atoms with E-state index in [9.17, 15) is 9.59 Å². The minimum Gasteiger partial charge on any atom is -0.396 e. The smallest absolute Gasteiger partial charge is 0.332 e. The Kier molecular flexibility index (Phi) is 6.66. The highest BCUT2D eigenvalue weighted by atomic mass is 35.5. The molecule has 3 rings (SSSR count). The Balaban J connectivity index is 1.99. The predicted octanol–water partition coefficient (Wildman–Crippen LogP) is 2.36. The monoisotopic (exact) mass is 439 g/mol. The van der Waals surface area contributed by atoms with Crippen LogP contribution in [0.15, 0.2) is 27.8 Å². The Hall–Kier alpha value is -2.29. The number of aromatic nitrogens is 4. The SMILES string of the molecule is Cn1c(NCCCCCO)nc2c1c(=O)n(Cc1ccc(Cl)cc1Cl)c(=O)n2C. The first-order chi connectivity index (χ1) is 13.8. The van der Waals surface area contributed by atoms with E-state index < -0.39 is 11.2 Å². The number of aryl methyl sites for hydroxylation is 2. The highest BCUT2D eigenvalue weighted by molar-refractivity contribution is 6.35. The minimum atomic E-state index is -0.471. The van der Waals surface area contributed by atoms with E-state index in [2.05, 4.69) is 10.3 Å². The Bertz CT molecular complexity index is 1150. The van der Waals surface area contributed by atoms with E-state index in [4.69, 9.17) is 28.3 Å². The number of nitrogens with zero attached hydrogens (tertiary/aromatic N) is 4. The molecule has 8 nitrogen and oxygen atoms in total. The molecule has 2 N–H and O–H groups in total. The summed E-state index contributed by atoms with van der Waals surface area (Å²) in [4.78, 5) is 30.3. The topological polar surface area (TPSA) is 94.1 Å². The van der Waals surface area contributed by atoms with E-state index in [1.54, 1.807) is 36.9 Å². The van der Waals surface area contributed by atoms with Crippen molar-refractivity contribution in [3.8, 4) is 0 Å². The molecular weight excluding hydrogens is 417 g/mol. The van der Waals surface area contributed by atoms with Gasteiger partial charge in [-0.25, -0.2) is 4.79 Å². The molecule has 10 heteroatoms. The molecule has 1 aromatic carbocycles. The lowest BCUT2D eigenvalue weighted by Gasteiger charge is -2.10. The minimum absolute atomic E-state index is 0.0343. The molecule has 0 bridgehead atoms. The van der Waals surface area contributed by atoms with Crippen LogP contribution in [0.4, 0.5) is 5.95 Å². The van der Waals surface area contributed by atoms with Gasteiger partial charge in [0, 0.05) is 37.3 Å². The Morgan fingerprint density at radius 1 is 1.10 bits per heavy atom. The van der Waals surface area contributed by atoms with Crippen LogP contribution >= 0.6 is 23.2 Å². The molecule has 29 heavy (non-hydrogen) atoms. The summed E-state index contributed by atoms with van der Waals surface area (Å²) in [5.41, 5.74) is 0.367. The third kappa shape index (κ3) is 4.34. The summed E-state index contributed by atoms with van der Waals surface area (Å²) in [6.07, 6.45) is 2.50.